The standard InChI is InChI=1S/C45H28N4S/c1-3-13-29(14-4-1)31-17-11-18-32(27-31)34-21-12-23-39-42(34)37-20-7-9-22-38(37)49(39)45-47-43(30-15-5-2-6-16-30)46-44(48-45)33-25-26-36-35-19-8-10-24-40(35)50-41(36)28-33/h1-28H/i7D,9D,20D,22D. The van der Waals surface area contributed by atoms with E-state index in [4.69, 9.17) is 17.7 Å². The summed E-state index contributed by atoms with van der Waals surface area (Å²) >= 11 is 1.72. The monoisotopic (exact) mass is 660 g/mol. The Hall–Kier alpha value is -6.43. The Kier molecular flexibility index (Phi) is 5.73. The smallest absolute Gasteiger partial charge is 0.238 e. The van der Waals surface area contributed by atoms with Gasteiger partial charge in [-0.2, -0.15) is 9.97 Å². The van der Waals surface area contributed by atoms with Crippen LogP contribution in [-0.2, 0) is 0 Å². The Morgan fingerprint density at radius 2 is 1.14 bits per heavy atom. The second-order valence-corrected chi connectivity index (χ2v) is 13.2. The van der Waals surface area contributed by atoms with Crippen LogP contribution in [0.15, 0.2) is 170 Å². The molecule has 7 aromatic carbocycles. The van der Waals surface area contributed by atoms with Gasteiger partial charge in [0.2, 0.25) is 5.95 Å². The molecular weight excluding hydrogens is 629 g/mol. The van der Waals surface area contributed by atoms with Crippen molar-refractivity contribution in [3.05, 3.63) is 170 Å². The molecule has 0 spiro atoms. The van der Waals surface area contributed by atoms with E-state index in [2.05, 4.69) is 60.7 Å². The minimum Gasteiger partial charge on any atom is -0.278 e. The fraction of sp³-hybridized carbons (Fsp3) is 0. The summed E-state index contributed by atoms with van der Waals surface area (Å²) in [5, 5.41) is 3.47. The lowest BCUT2D eigenvalue weighted by molar-refractivity contribution is 0.954. The lowest BCUT2D eigenvalue weighted by Gasteiger charge is -2.11. The molecule has 0 fully saturated rings. The maximum absolute atomic E-state index is 9.27. The highest BCUT2D eigenvalue weighted by atomic mass is 32.1. The van der Waals surface area contributed by atoms with Gasteiger partial charge in [0.05, 0.1) is 16.5 Å². The minimum atomic E-state index is -0.322. The third kappa shape index (κ3) is 4.71. The van der Waals surface area contributed by atoms with E-state index in [1.807, 2.05) is 84.9 Å². The average Bonchev–Trinajstić information content (AvgIpc) is 3.79. The van der Waals surface area contributed by atoms with Crippen LogP contribution in [0.3, 0.4) is 0 Å². The molecule has 0 atom stereocenters. The highest BCUT2D eigenvalue weighted by molar-refractivity contribution is 7.25. The topological polar surface area (TPSA) is 43.6 Å². The SMILES string of the molecule is [2H]c1c([2H])c([2H])c2c(c1[2H])c1c(-c3cccc(-c4ccccc4)c3)cccc1n2-c1nc(-c2ccccc2)nc(-c2ccc3c(c2)sc2ccccc23)n1. The molecule has 5 heteroatoms. The van der Waals surface area contributed by atoms with E-state index in [9.17, 15) is 2.74 Å². The highest BCUT2D eigenvalue weighted by Gasteiger charge is 2.20. The van der Waals surface area contributed by atoms with Gasteiger partial charge in [0, 0.05) is 42.1 Å². The molecule has 0 bridgehead atoms. The van der Waals surface area contributed by atoms with E-state index in [1.54, 1.807) is 15.9 Å². The zero-order chi connectivity index (χ0) is 36.5. The Morgan fingerprint density at radius 3 is 2.00 bits per heavy atom. The van der Waals surface area contributed by atoms with Crippen LogP contribution in [0, 0.1) is 0 Å². The van der Waals surface area contributed by atoms with Crippen molar-refractivity contribution in [2.75, 3.05) is 0 Å². The van der Waals surface area contributed by atoms with Crippen molar-refractivity contribution in [1.82, 2.24) is 19.5 Å². The van der Waals surface area contributed by atoms with E-state index in [-0.39, 0.29) is 30.1 Å². The van der Waals surface area contributed by atoms with Crippen LogP contribution in [0.5, 0.6) is 0 Å². The number of hydrogen-bond donors (Lipinski definition) is 0. The summed E-state index contributed by atoms with van der Waals surface area (Å²) in [5.41, 5.74) is 6.46. The Balaban J connectivity index is 1.27. The number of benzene rings is 7. The van der Waals surface area contributed by atoms with Crippen molar-refractivity contribution >= 4 is 53.3 Å². The van der Waals surface area contributed by atoms with Crippen LogP contribution in [0.25, 0.3) is 93.0 Å². The lowest BCUT2D eigenvalue weighted by atomic mass is 9.96. The molecule has 0 saturated heterocycles. The van der Waals surface area contributed by atoms with E-state index in [1.165, 1.54) is 15.5 Å². The molecule has 234 valence electrons. The first-order valence-corrected chi connectivity index (χ1v) is 17.2. The van der Waals surface area contributed by atoms with E-state index in [0.717, 1.165) is 38.1 Å². The van der Waals surface area contributed by atoms with Crippen LogP contribution in [0.2, 0.25) is 0 Å². The zero-order valence-electron chi connectivity index (χ0n) is 30.6. The third-order valence-electron chi connectivity index (χ3n) is 9.20. The molecule has 4 nitrogen and oxygen atoms in total. The first-order valence-electron chi connectivity index (χ1n) is 18.4. The summed E-state index contributed by atoms with van der Waals surface area (Å²) in [4.78, 5) is 15.1. The molecule has 3 aromatic heterocycles. The molecular formula is C45H28N4S. The fourth-order valence-corrected chi connectivity index (χ4v) is 8.03. The number of nitrogens with zero attached hydrogens (tertiary/aromatic N) is 4. The highest BCUT2D eigenvalue weighted by Crippen LogP contribution is 2.40. The maximum Gasteiger partial charge on any atom is 0.238 e. The number of hydrogen-bond acceptors (Lipinski definition) is 4. The summed E-state index contributed by atoms with van der Waals surface area (Å²) in [7, 11) is 0. The summed E-state index contributed by atoms with van der Waals surface area (Å²) < 4.78 is 40.1. The first-order chi connectivity index (χ1) is 26.4. The van der Waals surface area contributed by atoms with Gasteiger partial charge in [-0.05, 0) is 52.6 Å². The Labute approximate surface area is 298 Å². The predicted octanol–water partition coefficient (Wildman–Crippen LogP) is 12.0. The second-order valence-electron chi connectivity index (χ2n) is 12.2. The van der Waals surface area contributed by atoms with Gasteiger partial charge in [-0.1, -0.05) is 139 Å². The molecule has 0 aliphatic rings. The number of rotatable bonds is 5. The summed E-state index contributed by atoms with van der Waals surface area (Å²) in [6.07, 6.45) is 0. The molecule has 0 aliphatic heterocycles. The predicted molar refractivity (Wildman–Crippen MR) is 209 cm³/mol. The van der Waals surface area contributed by atoms with Gasteiger partial charge in [0.25, 0.3) is 0 Å². The molecule has 0 aliphatic carbocycles. The summed E-state index contributed by atoms with van der Waals surface area (Å²) in [6, 6.07) is 47.8. The fourth-order valence-electron chi connectivity index (χ4n) is 6.88. The first kappa shape index (κ1) is 24.7. The van der Waals surface area contributed by atoms with Crippen molar-refractivity contribution < 1.29 is 5.48 Å². The van der Waals surface area contributed by atoms with Gasteiger partial charge < -0.3 is 0 Å². The van der Waals surface area contributed by atoms with Gasteiger partial charge >= 0.3 is 0 Å². The van der Waals surface area contributed by atoms with Crippen LogP contribution in [0.1, 0.15) is 5.48 Å². The molecule has 3 heterocycles. The zero-order valence-corrected chi connectivity index (χ0v) is 27.4. The van der Waals surface area contributed by atoms with E-state index >= 15 is 0 Å². The largest absolute Gasteiger partial charge is 0.278 e. The second kappa shape index (κ2) is 11.6. The summed E-state index contributed by atoms with van der Waals surface area (Å²) in [5.74, 6) is 1.17. The van der Waals surface area contributed by atoms with E-state index in [0.29, 0.717) is 33.5 Å². The number of fused-ring (bicyclic) bond motifs is 6. The van der Waals surface area contributed by atoms with Crippen molar-refractivity contribution in [2.45, 2.75) is 0 Å². The van der Waals surface area contributed by atoms with Crippen molar-refractivity contribution in [2.24, 2.45) is 0 Å². The molecule has 50 heavy (non-hydrogen) atoms. The molecule has 0 amide bonds. The molecule has 0 N–H and O–H groups in total. The van der Waals surface area contributed by atoms with Crippen LogP contribution in [-0.4, -0.2) is 19.5 Å². The van der Waals surface area contributed by atoms with Crippen molar-refractivity contribution in [3.8, 4) is 51.0 Å². The molecule has 0 radical (unpaired) electrons. The van der Waals surface area contributed by atoms with Crippen LogP contribution >= 0.6 is 11.3 Å². The third-order valence-corrected chi connectivity index (χ3v) is 10.3. The maximum atomic E-state index is 9.27. The van der Waals surface area contributed by atoms with Gasteiger partial charge in [0.15, 0.2) is 11.6 Å². The van der Waals surface area contributed by atoms with Gasteiger partial charge in [0.1, 0.15) is 0 Å². The van der Waals surface area contributed by atoms with Crippen LogP contribution < -0.4 is 0 Å². The Bertz CT molecular complexity index is 3100. The lowest BCUT2D eigenvalue weighted by Crippen LogP contribution is -2.06. The van der Waals surface area contributed by atoms with Crippen molar-refractivity contribution in [3.63, 3.8) is 0 Å². The number of para-hydroxylation sites is 1. The van der Waals surface area contributed by atoms with Gasteiger partial charge in [-0.25, -0.2) is 4.98 Å². The average molecular weight is 661 g/mol. The number of aromatic nitrogens is 4. The van der Waals surface area contributed by atoms with Crippen LogP contribution in [0.4, 0.5) is 0 Å². The summed E-state index contributed by atoms with van der Waals surface area (Å²) in [6.45, 7) is 0. The minimum absolute atomic E-state index is 0.116. The quantitative estimate of drug-likeness (QED) is 0.184. The number of thiophene rings is 1. The molecule has 10 rings (SSSR count). The normalized spacial score (nSPS) is 12.7. The van der Waals surface area contributed by atoms with Gasteiger partial charge in [-0.15, -0.1) is 11.3 Å². The van der Waals surface area contributed by atoms with Crippen molar-refractivity contribution in [1.29, 1.82) is 0 Å². The van der Waals surface area contributed by atoms with Gasteiger partial charge in [-0.3, -0.25) is 4.57 Å². The molecule has 10 aromatic rings. The molecule has 0 unspecified atom stereocenters. The Morgan fingerprint density at radius 1 is 0.460 bits per heavy atom. The molecule has 0 saturated carbocycles. The van der Waals surface area contributed by atoms with E-state index < -0.39 is 0 Å².